The van der Waals surface area contributed by atoms with Crippen molar-refractivity contribution in [3.63, 3.8) is 0 Å². The van der Waals surface area contributed by atoms with Crippen molar-refractivity contribution in [2.45, 2.75) is 26.9 Å². The molecular formula is C13H17NO2. The predicted molar refractivity (Wildman–Crippen MR) is 63.8 cm³/mol. The molecule has 1 amide bonds. The van der Waals surface area contributed by atoms with E-state index in [0.717, 1.165) is 17.7 Å². The highest BCUT2D eigenvalue weighted by Gasteiger charge is 2.03. The molecule has 16 heavy (non-hydrogen) atoms. The van der Waals surface area contributed by atoms with Crippen LogP contribution in [0.15, 0.2) is 42.1 Å². The van der Waals surface area contributed by atoms with Crippen LogP contribution in [-0.4, -0.2) is 6.09 Å². The number of carbonyl (C=O) groups excluding carboxylic acids is 1. The quantitative estimate of drug-likeness (QED) is 0.844. The van der Waals surface area contributed by atoms with Gasteiger partial charge >= 0.3 is 6.09 Å². The number of ether oxygens (including phenoxy) is 1. The minimum absolute atomic E-state index is 0.299. The molecule has 0 radical (unpaired) electrons. The summed E-state index contributed by atoms with van der Waals surface area (Å²) in [6.07, 6.45) is 2.25. The molecule has 1 N–H and O–H groups in total. The monoisotopic (exact) mass is 219 g/mol. The van der Waals surface area contributed by atoms with Crippen molar-refractivity contribution in [1.29, 1.82) is 0 Å². The molecule has 86 valence electrons. The van der Waals surface area contributed by atoms with Gasteiger partial charge in [-0.3, -0.25) is 5.32 Å². The van der Waals surface area contributed by atoms with Crippen molar-refractivity contribution in [2.75, 3.05) is 0 Å². The number of nitrogens with one attached hydrogen (secondary N) is 1. The van der Waals surface area contributed by atoms with E-state index < -0.39 is 6.09 Å². The van der Waals surface area contributed by atoms with Gasteiger partial charge in [-0.25, -0.2) is 4.79 Å². The van der Waals surface area contributed by atoms with Crippen LogP contribution in [0.4, 0.5) is 4.79 Å². The Morgan fingerprint density at radius 1 is 1.38 bits per heavy atom. The van der Waals surface area contributed by atoms with E-state index in [-0.39, 0.29) is 0 Å². The lowest BCUT2D eigenvalue weighted by atomic mass is 10.2. The van der Waals surface area contributed by atoms with E-state index in [1.165, 1.54) is 0 Å². The highest BCUT2D eigenvalue weighted by molar-refractivity contribution is 5.69. The molecule has 0 bridgehead atoms. The van der Waals surface area contributed by atoms with Gasteiger partial charge in [0, 0.05) is 5.70 Å². The maximum Gasteiger partial charge on any atom is 0.411 e. The van der Waals surface area contributed by atoms with E-state index in [9.17, 15) is 4.79 Å². The summed E-state index contributed by atoms with van der Waals surface area (Å²) in [7, 11) is 0. The summed E-state index contributed by atoms with van der Waals surface area (Å²) >= 11 is 0. The molecule has 0 aliphatic carbocycles. The first-order chi connectivity index (χ1) is 7.76. The molecule has 0 aliphatic heterocycles. The minimum atomic E-state index is -0.404. The lowest BCUT2D eigenvalue weighted by molar-refractivity contribution is 0.142. The van der Waals surface area contributed by atoms with Gasteiger partial charge in [0.05, 0.1) is 0 Å². The molecule has 0 fully saturated rings. The molecule has 0 aromatic heterocycles. The van der Waals surface area contributed by atoms with Crippen LogP contribution in [0.25, 0.3) is 0 Å². The number of amides is 1. The summed E-state index contributed by atoms with van der Waals surface area (Å²) in [5.41, 5.74) is 1.86. The second-order valence-electron chi connectivity index (χ2n) is 3.35. The van der Waals surface area contributed by atoms with Crippen LogP contribution in [0.3, 0.4) is 0 Å². The van der Waals surface area contributed by atoms with Gasteiger partial charge < -0.3 is 4.74 Å². The molecule has 1 rings (SSSR count). The summed E-state index contributed by atoms with van der Waals surface area (Å²) in [6.45, 7) is 4.16. The average Bonchev–Trinajstić information content (AvgIpc) is 2.34. The average molecular weight is 219 g/mol. The Hall–Kier alpha value is -1.77. The van der Waals surface area contributed by atoms with E-state index >= 15 is 0 Å². The first-order valence-electron chi connectivity index (χ1n) is 5.39. The van der Waals surface area contributed by atoms with Crippen LogP contribution in [0, 0.1) is 0 Å². The Morgan fingerprint density at radius 2 is 2.06 bits per heavy atom. The molecule has 0 atom stereocenters. The first-order valence-corrected chi connectivity index (χ1v) is 5.39. The molecule has 0 unspecified atom stereocenters. The molecule has 0 spiro atoms. The van der Waals surface area contributed by atoms with Crippen molar-refractivity contribution >= 4 is 6.09 Å². The second-order valence-corrected chi connectivity index (χ2v) is 3.35. The maximum atomic E-state index is 11.4. The van der Waals surface area contributed by atoms with Crippen molar-refractivity contribution < 1.29 is 9.53 Å². The summed E-state index contributed by atoms with van der Waals surface area (Å²) in [5.74, 6) is 0. The molecule has 0 heterocycles. The number of hydrogen-bond donors (Lipinski definition) is 1. The van der Waals surface area contributed by atoms with E-state index in [1.807, 2.05) is 50.3 Å². The van der Waals surface area contributed by atoms with E-state index in [1.54, 1.807) is 0 Å². The van der Waals surface area contributed by atoms with Crippen molar-refractivity contribution in [1.82, 2.24) is 5.32 Å². The molecule has 0 saturated carbocycles. The molecule has 1 aromatic carbocycles. The number of carbonyl (C=O) groups is 1. The van der Waals surface area contributed by atoms with Crippen LogP contribution in [0.5, 0.6) is 0 Å². The fourth-order valence-electron chi connectivity index (χ4n) is 1.25. The zero-order chi connectivity index (χ0) is 11.8. The van der Waals surface area contributed by atoms with Gasteiger partial charge in [-0.2, -0.15) is 0 Å². The first kappa shape index (κ1) is 12.3. The van der Waals surface area contributed by atoms with Gasteiger partial charge in [-0.1, -0.05) is 43.3 Å². The number of benzene rings is 1. The zero-order valence-electron chi connectivity index (χ0n) is 9.69. The molecular weight excluding hydrogens is 202 g/mol. The molecule has 0 aliphatic rings. The Kier molecular flexibility index (Phi) is 5.12. The zero-order valence-corrected chi connectivity index (χ0v) is 9.69. The molecule has 3 nitrogen and oxygen atoms in total. The Labute approximate surface area is 96.1 Å². The van der Waals surface area contributed by atoms with Crippen LogP contribution >= 0.6 is 0 Å². The molecule has 3 heteroatoms. The summed E-state index contributed by atoms with van der Waals surface area (Å²) < 4.78 is 5.07. The second kappa shape index (κ2) is 6.67. The topological polar surface area (TPSA) is 38.3 Å². The van der Waals surface area contributed by atoms with Gasteiger partial charge in [0.25, 0.3) is 0 Å². The smallest absolute Gasteiger partial charge is 0.411 e. The number of alkyl carbamates (subject to hydrolysis) is 1. The third kappa shape index (κ3) is 4.17. The fourth-order valence-corrected chi connectivity index (χ4v) is 1.25. The van der Waals surface area contributed by atoms with Crippen molar-refractivity contribution in [2.24, 2.45) is 0 Å². The fraction of sp³-hybridized carbons (Fsp3) is 0.308. The Bertz CT molecular complexity index is 357. The van der Waals surface area contributed by atoms with E-state index in [0.29, 0.717) is 6.61 Å². The highest BCUT2D eigenvalue weighted by atomic mass is 16.5. The minimum Gasteiger partial charge on any atom is -0.444 e. The van der Waals surface area contributed by atoms with Gasteiger partial charge in [-0.15, -0.1) is 0 Å². The van der Waals surface area contributed by atoms with Gasteiger partial charge in [0.15, 0.2) is 0 Å². The van der Waals surface area contributed by atoms with Gasteiger partial charge in [-0.05, 0) is 18.9 Å². The largest absolute Gasteiger partial charge is 0.444 e. The maximum absolute atomic E-state index is 11.4. The van der Waals surface area contributed by atoms with Gasteiger partial charge in [0.2, 0.25) is 0 Å². The summed E-state index contributed by atoms with van der Waals surface area (Å²) in [4.78, 5) is 11.4. The Balaban J connectivity index is 2.36. The lowest BCUT2D eigenvalue weighted by Crippen LogP contribution is -2.23. The lowest BCUT2D eigenvalue weighted by Gasteiger charge is -2.08. The molecule has 1 aromatic rings. The van der Waals surface area contributed by atoms with Crippen LogP contribution in [-0.2, 0) is 11.3 Å². The SMILES string of the molecule is C/C=C(\CC)NC(=O)OCc1ccccc1. The normalized spacial score (nSPS) is 11.0. The van der Waals surface area contributed by atoms with Crippen LogP contribution < -0.4 is 5.32 Å². The summed E-state index contributed by atoms with van der Waals surface area (Å²) in [6, 6.07) is 9.60. The predicted octanol–water partition coefficient (Wildman–Crippen LogP) is 3.23. The molecule has 0 saturated heterocycles. The number of hydrogen-bond acceptors (Lipinski definition) is 2. The third-order valence-electron chi connectivity index (χ3n) is 2.20. The third-order valence-corrected chi connectivity index (χ3v) is 2.20. The van der Waals surface area contributed by atoms with Crippen molar-refractivity contribution in [3.8, 4) is 0 Å². The van der Waals surface area contributed by atoms with Gasteiger partial charge in [0.1, 0.15) is 6.61 Å². The van der Waals surface area contributed by atoms with E-state index in [2.05, 4.69) is 5.32 Å². The summed E-state index contributed by atoms with van der Waals surface area (Å²) in [5, 5.41) is 2.69. The number of rotatable bonds is 4. The van der Waals surface area contributed by atoms with Crippen LogP contribution in [0.1, 0.15) is 25.8 Å². The Morgan fingerprint density at radius 3 is 2.62 bits per heavy atom. The van der Waals surface area contributed by atoms with Crippen molar-refractivity contribution in [3.05, 3.63) is 47.7 Å². The van der Waals surface area contributed by atoms with E-state index in [4.69, 9.17) is 4.74 Å². The van der Waals surface area contributed by atoms with Crippen LogP contribution in [0.2, 0.25) is 0 Å². The standard InChI is InChI=1S/C13H17NO2/c1-3-12(4-2)14-13(15)16-10-11-8-6-5-7-9-11/h3,5-9H,4,10H2,1-2H3,(H,14,15)/b12-3+. The highest BCUT2D eigenvalue weighted by Crippen LogP contribution is 2.01. The number of allylic oxidation sites excluding steroid dienone is 2.